The fraction of sp³-hybridized carbons (Fsp3) is 0.176. The van der Waals surface area contributed by atoms with Gasteiger partial charge in [0.2, 0.25) is 0 Å². The van der Waals surface area contributed by atoms with Crippen molar-refractivity contribution in [2.24, 2.45) is 0 Å². The van der Waals surface area contributed by atoms with E-state index >= 15 is 0 Å². The number of hydrogen-bond acceptors (Lipinski definition) is 3. The van der Waals surface area contributed by atoms with Gasteiger partial charge in [0.25, 0.3) is 0 Å². The minimum Gasteiger partial charge on any atom is -1.00 e. The Bertz CT molecular complexity index is 715. The second kappa shape index (κ2) is 7.68. The van der Waals surface area contributed by atoms with Crippen molar-refractivity contribution in [2.45, 2.75) is 20.8 Å². The SMILES string of the molecule is CC(=O)Oc1ccc(C(=O)c2ccc(F)cc2)c(C)c1C.[H-].[Na+]. The summed E-state index contributed by atoms with van der Waals surface area (Å²) >= 11 is 0. The number of hydrogen-bond donors (Lipinski definition) is 0. The van der Waals surface area contributed by atoms with Crippen LogP contribution >= 0.6 is 0 Å². The number of carbonyl (C=O) groups excluding carboxylic acids is 2. The van der Waals surface area contributed by atoms with Crippen LogP contribution in [0.5, 0.6) is 5.75 Å². The van der Waals surface area contributed by atoms with E-state index in [0.717, 1.165) is 11.1 Å². The molecule has 0 aromatic heterocycles. The molecule has 0 unspecified atom stereocenters. The number of benzene rings is 2. The summed E-state index contributed by atoms with van der Waals surface area (Å²) in [5, 5.41) is 0. The molecule has 22 heavy (non-hydrogen) atoms. The quantitative estimate of drug-likeness (QED) is 0.363. The zero-order chi connectivity index (χ0) is 15.6. The van der Waals surface area contributed by atoms with Gasteiger partial charge in [-0.25, -0.2) is 4.39 Å². The van der Waals surface area contributed by atoms with Crippen molar-refractivity contribution in [2.75, 3.05) is 0 Å². The first kappa shape index (κ1) is 18.6. The minimum absolute atomic E-state index is 0. The van der Waals surface area contributed by atoms with Crippen LogP contribution in [-0.2, 0) is 4.79 Å². The van der Waals surface area contributed by atoms with E-state index < -0.39 is 5.97 Å². The van der Waals surface area contributed by atoms with Crippen molar-refractivity contribution >= 4 is 11.8 Å². The van der Waals surface area contributed by atoms with Crippen LogP contribution in [0.4, 0.5) is 4.39 Å². The van der Waals surface area contributed by atoms with Crippen molar-refractivity contribution in [1.82, 2.24) is 0 Å². The Balaban J connectivity index is 0.00000242. The van der Waals surface area contributed by atoms with Gasteiger partial charge >= 0.3 is 35.5 Å². The molecule has 0 spiro atoms. The second-order valence-corrected chi connectivity index (χ2v) is 4.79. The Morgan fingerprint density at radius 2 is 1.59 bits per heavy atom. The third kappa shape index (κ3) is 4.03. The molecular formula is C17H16FNaO3. The number of rotatable bonds is 3. The normalized spacial score (nSPS) is 9.82. The largest absolute Gasteiger partial charge is 1.00 e. The number of carbonyl (C=O) groups is 2. The molecule has 0 atom stereocenters. The molecule has 0 radical (unpaired) electrons. The molecule has 0 bridgehead atoms. The third-order valence-electron chi connectivity index (χ3n) is 3.34. The fourth-order valence-electron chi connectivity index (χ4n) is 2.06. The zero-order valence-electron chi connectivity index (χ0n) is 14.1. The first-order valence-electron chi connectivity index (χ1n) is 6.49. The van der Waals surface area contributed by atoms with Gasteiger partial charge in [0.05, 0.1) is 0 Å². The van der Waals surface area contributed by atoms with Crippen LogP contribution in [0, 0.1) is 19.7 Å². The zero-order valence-corrected chi connectivity index (χ0v) is 15.1. The van der Waals surface area contributed by atoms with Crippen LogP contribution in [0.1, 0.15) is 35.4 Å². The van der Waals surface area contributed by atoms with Crippen molar-refractivity contribution in [1.29, 1.82) is 0 Å². The van der Waals surface area contributed by atoms with Gasteiger partial charge in [0.15, 0.2) is 5.78 Å². The molecule has 0 aliphatic carbocycles. The summed E-state index contributed by atoms with van der Waals surface area (Å²) in [5.74, 6) is -0.541. The van der Waals surface area contributed by atoms with Gasteiger partial charge in [-0.1, -0.05) is 0 Å². The molecule has 3 nitrogen and oxygen atoms in total. The Hall–Kier alpha value is -1.49. The molecule has 110 valence electrons. The number of halogens is 1. The van der Waals surface area contributed by atoms with Crippen LogP contribution < -0.4 is 34.3 Å². The van der Waals surface area contributed by atoms with Crippen molar-refractivity contribution in [3.63, 3.8) is 0 Å². The van der Waals surface area contributed by atoms with Gasteiger partial charge in [-0.3, -0.25) is 9.59 Å². The van der Waals surface area contributed by atoms with Crippen molar-refractivity contribution in [3.8, 4) is 5.75 Å². The fourth-order valence-corrected chi connectivity index (χ4v) is 2.06. The number of ether oxygens (including phenoxy) is 1. The topological polar surface area (TPSA) is 43.4 Å². The summed E-state index contributed by atoms with van der Waals surface area (Å²) in [4.78, 5) is 23.5. The van der Waals surface area contributed by atoms with E-state index in [9.17, 15) is 14.0 Å². The van der Waals surface area contributed by atoms with Crippen LogP contribution in [0.15, 0.2) is 36.4 Å². The van der Waals surface area contributed by atoms with Crippen LogP contribution in [0.3, 0.4) is 0 Å². The molecule has 0 heterocycles. The summed E-state index contributed by atoms with van der Waals surface area (Å²) in [6.07, 6.45) is 0. The van der Waals surface area contributed by atoms with Crippen molar-refractivity contribution < 1.29 is 49.7 Å². The Morgan fingerprint density at radius 1 is 1.00 bits per heavy atom. The van der Waals surface area contributed by atoms with Crippen LogP contribution in [0.25, 0.3) is 0 Å². The summed E-state index contributed by atoms with van der Waals surface area (Å²) < 4.78 is 18.0. The number of ketones is 1. The summed E-state index contributed by atoms with van der Waals surface area (Å²) in [5.41, 5.74) is 2.40. The molecule has 0 fully saturated rings. The van der Waals surface area contributed by atoms with Gasteiger partial charge in [-0.05, 0) is 61.4 Å². The maximum atomic E-state index is 12.9. The van der Waals surface area contributed by atoms with E-state index in [-0.39, 0.29) is 42.6 Å². The van der Waals surface area contributed by atoms with E-state index in [0.29, 0.717) is 16.9 Å². The molecule has 0 N–H and O–H groups in total. The van der Waals surface area contributed by atoms with E-state index in [2.05, 4.69) is 0 Å². The van der Waals surface area contributed by atoms with Crippen LogP contribution in [0.2, 0.25) is 0 Å². The average molecular weight is 310 g/mol. The Kier molecular flexibility index (Phi) is 6.48. The monoisotopic (exact) mass is 310 g/mol. The molecule has 2 rings (SSSR count). The minimum atomic E-state index is -0.407. The summed E-state index contributed by atoms with van der Waals surface area (Å²) in [7, 11) is 0. The molecule has 0 amide bonds. The maximum absolute atomic E-state index is 12.9. The first-order valence-corrected chi connectivity index (χ1v) is 6.49. The molecular weight excluding hydrogens is 294 g/mol. The first-order chi connectivity index (χ1) is 9.90. The Labute approximate surface area is 152 Å². The van der Waals surface area contributed by atoms with E-state index in [4.69, 9.17) is 4.74 Å². The molecule has 0 saturated heterocycles. The molecule has 0 aliphatic rings. The molecule has 5 heteroatoms. The predicted octanol–water partition coefficient (Wildman–Crippen LogP) is 0.715. The Morgan fingerprint density at radius 3 is 2.14 bits per heavy atom. The van der Waals surface area contributed by atoms with Crippen LogP contribution in [-0.4, -0.2) is 11.8 Å². The average Bonchev–Trinajstić information content (AvgIpc) is 2.44. The van der Waals surface area contributed by atoms with Gasteiger partial charge in [0, 0.05) is 18.1 Å². The number of esters is 1. The molecule has 0 aliphatic heterocycles. The van der Waals surface area contributed by atoms with Gasteiger partial charge in [-0.2, -0.15) is 0 Å². The predicted molar refractivity (Wildman–Crippen MR) is 78.2 cm³/mol. The molecule has 2 aromatic rings. The van der Waals surface area contributed by atoms with E-state index in [1.54, 1.807) is 26.0 Å². The smallest absolute Gasteiger partial charge is 1.00 e. The van der Waals surface area contributed by atoms with E-state index in [1.165, 1.54) is 31.2 Å². The van der Waals surface area contributed by atoms with Gasteiger partial charge in [-0.15, -0.1) is 0 Å². The van der Waals surface area contributed by atoms with Gasteiger partial charge < -0.3 is 6.16 Å². The maximum Gasteiger partial charge on any atom is 1.00 e. The van der Waals surface area contributed by atoms with Gasteiger partial charge in [0.1, 0.15) is 11.6 Å². The van der Waals surface area contributed by atoms with E-state index in [1.807, 2.05) is 0 Å². The third-order valence-corrected chi connectivity index (χ3v) is 3.34. The standard InChI is InChI=1S/C17H15FO3.Na.H/c1-10-11(2)16(21-12(3)19)9-8-15(10)17(20)13-4-6-14(18)7-5-13;;/h4-9H,1-3H3;;/q;+1;-1. The van der Waals surface area contributed by atoms with Crippen molar-refractivity contribution in [3.05, 3.63) is 64.5 Å². The molecule has 2 aromatic carbocycles. The summed E-state index contributed by atoms with van der Waals surface area (Å²) in [6.45, 7) is 4.90. The molecule has 0 saturated carbocycles. The second-order valence-electron chi connectivity index (χ2n) is 4.79. The summed E-state index contributed by atoms with van der Waals surface area (Å²) in [6, 6.07) is 8.62.